The van der Waals surface area contributed by atoms with Crippen LogP contribution in [0.2, 0.25) is 0 Å². The molecule has 0 fully saturated rings. The topological polar surface area (TPSA) is 82.8 Å². The van der Waals surface area contributed by atoms with Crippen LogP contribution in [0.25, 0.3) is 0 Å². The van der Waals surface area contributed by atoms with Crippen LogP contribution in [0, 0.1) is 12.3 Å². The highest BCUT2D eigenvalue weighted by molar-refractivity contribution is 6.01. The maximum atomic E-state index is 12.2. The van der Waals surface area contributed by atoms with E-state index in [-0.39, 0.29) is 12.8 Å². The van der Waals surface area contributed by atoms with Crippen molar-refractivity contribution < 1.29 is 23.5 Å². The molecular formula is C15H18O6. The van der Waals surface area contributed by atoms with Crippen molar-refractivity contribution in [2.24, 2.45) is 5.41 Å². The normalized spacial score (nSPS) is 15.4. The molecule has 21 heavy (non-hydrogen) atoms. The number of aryl methyl sites for hydroxylation is 1. The van der Waals surface area contributed by atoms with Crippen LogP contribution in [-0.4, -0.2) is 26.2 Å². The van der Waals surface area contributed by atoms with Crippen LogP contribution in [0.3, 0.4) is 0 Å². The lowest BCUT2D eigenvalue weighted by Crippen LogP contribution is -2.42. The number of fused-ring (bicyclic) bond motifs is 1. The molecule has 0 unspecified atom stereocenters. The highest BCUT2D eigenvalue weighted by atomic mass is 16.5. The molecule has 0 atom stereocenters. The van der Waals surface area contributed by atoms with E-state index >= 15 is 0 Å². The molecule has 6 heteroatoms. The van der Waals surface area contributed by atoms with Gasteiger partial charge in [-0.3, -0.25) is 9.59 Å². The van der Waals surface area contributed by atoms with Gasteiger partial charge in [-0.2, -0.15) is 0 Å². The lowest BCUT2D eigenvalue weighted by atomic mass is 9.84. The van der Waals surface area contributed by atoms with Gasteiger partial charge in [0.05, 0.1) is 14.2 Å². The molecule has 0 saturated heterocycles. The predicted molar refractivity (Wildman–Crippen MR) is 73.0 cm³/mol. The molecule has 2 rings (SSSR count). The van der Waals surface area contributed by atoms with Gasteiger partial charge in [-0.1, -0.05) is 6.92 Å². The van der Waals surface area contributed by atoms with E-state index in [0.29, 0.717) is 23.3 Å². The number of rotatable bonds is 3. The Kier molecular flexibility index (Phi) is 3.89. The summed E-state index contributed by atoms with van der Waals surface area (Å²) >= 11 is 0. The molecule has 0 amide bonds. The fraction of sp³-hybridized carbons (Fsp3) is 0.533. The number of carbonyl (C=O) groups excluding carboxylic acids is 2. The highest BCUT2D eigenvalue weighted by Gasteiger charge is 2.54. The molecule has 1 aliphatic carbocycles. The summed E-state index contributed by atoms with van der Waals surface area (Å²) in [5.41, 5.74) is 0.0953. The number of hydrogen-bond donors (Lipinski definition) is 0. The third kappa shape index (κ3) is 2.14. The lowest BCUT2D eigenvalue weighted by molar-refractivity contribution is -0.168. The second kappa shape index (κ2) is 5.35. The monoisotopic (exact) mass is 294 g/mol. The van der Waals surface area contributed by atoms with Crippen molar-refractivity contribution in [2.45, 2.75) is 33.1 Å². The summed E-state index contributed by atoms with van der Waals surface area (Å²) in [5.74, 6) is -0.874. The summed E-state index contributed by atoms with van der Waals surface area (Å²) in [5, 5.41) is 0. The zero-order chi connectivity index (χ0) is 15.8. The van der Waals surface area contributed by atoms with Gasteiger partial charge in [0.1, 0.15) is 5.76 Å². The van der Waals surface area contributed by atoms with Gasteiger partial charge < -0.3 is 13.9 Å². The zero-order valence-electron chi connectivity index (χ0n) is 12.6. The number of hydrogen-bond acceptors (Lipinski definition) is 6. The van der Waals surface area contributed by atoms with E-state index in [0.717, 1.165) is 5.56 Å². The third-order valence-corrected chi connectivity index (χ3v) is 4.11. The van der Waals surface area contributed by atoms with Crippen LogP contribution < -0.4 is 5.63 Å². The first-order valence-electron chi connectivity index (χ1n) is 6.72. The summed E-state index contributed by atoms with van der Waals surface area (Å²) < 4.78 is 14.8. The molecule has 0 bridgehead atoms. The van der Waals surface area contributed by atoms with E-state index in [4.69, 9.17) is 13.9 Å². The second-order valence-electron chi connectivity index (χ2n) is 5.15. The van der Waals surface area contributed by atoms with Crippen LogP contribution in [-0.2, 0) is 38.3 Å². The standard InChI is InChI=1S/C15H18O6/c1-5-9-11-7-15(13(17)19-3,14(18)20-4)6-10(11)8(2)21-12(9)16/h5-7H2,1-4H3. The summed E-state index contributed by atoms with van der Waals surface area (Å²) in [6.45, 7) is 3.49. The molecule has 1 aromatic rings. The summed E-state index contributed by atoms with van der Waals surface area (Å²) in [7, 11) is 2.46. The maximum absolute atomic E-state index is 12.2. The first kappa shape index (κ1) is 15.3. The molecule has 0 aromatic carbocycles. The van der Waals surface area contributed by atoms with Gasteiger partial charge in [-0.05, 0) is 24.5 Å². The van der Waals surface area contributed by atoms with Gasteiger partial charge in [-0.25, -0.2) is 4.79 Å². The molecule has 1 aliphatic rings. The van der Waals surface area contributed by atoms with Crippen LogP contribution >= 0.6 is 0 Å². The second-order valence-corrected chi connectivity index (χ2v) is 5.15. The fourth-order valence-electron chi connectivity index (χ4n) is 3.01. The molecule has 0 aliphatic heterocycles. The molecule has 0 spiro atoms. The minimum atomic E-state index is -1.43. The van der Waals surface area contributed by atoms with E-state index < -0.39 is 23.0 Å². The fourth-order valence-corrected chi connectivity index (χ4v) is 3.01. The number of ether oxygens (including phenoxy) is 2. The summed E-state index contributed by atoms with van der Waals surface area (Å²) in [6.07, 6.45) is 0.713. The molecular weight excluding hydrogens is 276 g/mol. The number of esters is 2. The Bertz CT molecular complexity index is 639. The Balaban J connectivity index is 2.64. The molecule has 1 heterocycles. The number of carbonyl (C=O) groups is 2. The van der Waals surface area contributed by atoms with Crippen LogP contribution in [0.5, 0.6) is 0 Å². The first-order valence-corrected chi connectivity index (χ1v) is 6.72. The van der Waals surface area contributed by atoms with E-state index in [1.165, 1.54) is 14.2 Å². The lowest BCUT2D eigenvalue weighted by Gasteiger charge is -2.22. The Hall–Kier alpha value is -2.11. The smallest absolute Gasteiger partial charge is 0.339 e. The molecule has 0 saturated carbocycles. The van der Waals surface area contributed by atoms with E-state index in [1.54, 1.807) is 6.92 Å². The van der Waals surface area contributed by atoms with Gasteiger partial charge in [0.25, 0.3) is 0 Å². The largest absolute Gasteiger partial charge is 0.468 e. The summed E-state index contributed by atoms with van der Waals surface area (Å²) in [4.78, 5) is 36.3. The van der Waals surface area contributed by atoms with E-state index in [9.17, 15) is 14.4 Å². The Labute approximate surface area is 122 Å². The zero-order valence-corrected chi connectivity index (χ0v) is 12.6. The van der Waals surface area contributed by atoms with E-state index in [1.807, 2.05) is 6.92 Å². The third-order valence-electron chi connectivity index (χ3n) is 4.11. The SMILES string of the molecule is CCc1c2c(c(C)oc1=O)CC(C(=O)OC)(C(=O)OC)C2. The average Bonchev–Trinajstić information content (AvgIpc) is 2.88. The van der Waals surface area contributed by atoms with Crippen LogP contribution in [0.1, 0.15) is 29.4 Å². The Morgan fingerprint density at radius 2 is 1.67 bits per heavy atom. The maximum Gasteiger partial charge on any atom is 0.339 e. The average molecular weight is 294 g/mol. The van der Waals surface area contributed by atoms with Gasteiger partial charge in [0.2, 0.25) is 0 Å². The minimum absolute atomic E-state index is 0.108. The molecule has 6 nitrogen and oxygen atoms in total. The highest BCUT2D eigenvalue weighted by Crippen LogP contribution is 2.41. The Morgan fingerprint density at radius 1 is 1.14 bits per heavy atom. The van der Waals surface area contributed by atoms with Crippen molar-refractivity contribution in [3.8, 4) is 0 Å². The Morgan fingerprint density at radius 3 is 2.14 bits per heavy atom. The number of methoxy groups -OCH3 is 2. The minimum Gasteiger partial charge on any atom is -0.468 e. The van der Waals surface area contributed by atoms with Crippen molar-refractivity contribution in [1.82, 2.24) is 0 Å². The molecule has 114 valence electrons. The van der Waals surface area contributed by atoms with Gasteiger partial charge in [0, 0.05) is 18.4 Å². The van der Waals surface area contributed by atoms with Gasteiger partial charge >= 0.3 is 17.6 Å². The van der Waals surface area contributed by atoms with Crippen molar-refractivity contribution >= 4 is 11.9 Å². The van der Waals surface area contributed by atoms with Crippen molar-refractivity contribution in [2.75, 3.05) is 14.2 Å². The van der Waals surface area contributed by atoms with Crippen LogP contribution in [0.4, 0.5) is 0 Å². The quantitative estimate of drug-likeness (QED) is 0.609. The van der Waals surface area contributed by atoms with Gasteiger partial charge in [-0.15, -0.1) is 0 Å². The predicted octanol–water partition coefficient (Wildman–Crippen LogP) is 0.942. The van der Waals surface area contributed by atoms with Gasteiger partial charge in [0.15, 0.2) is 5.41 Å². The van der Waals surface area contributed by atoms with Crippen molar-refractivity contribution in [3.05, 3.63) is 32.9 Å². The molecule has 0 N–H and O–H groups in total. The van der Waals surface area contributed by atoms with Crippen molar-refractivity contribution in [1.29, 1.82) is 0 Å². The first-order chi connectivity index (χ1) is 9.91. The molecule has 1 aromatic heterocycles. The van der Waals surface area contributed by atoms with Crippen molar-refractivity contribution in [3.63, 3.8) is 0 Å². The summed E-state index contributed by atoms with van der Waals surface area (Å²) in [6, 6.07) is 0. The molecule has 0 radical (unpaired) electrons. The van der Waals surface area contributed by atoms with E-state index in [2.05, 4.69) is 0 Å². The van der Waals surface area contributed by atoms with Crippen LogP contribution in [0.15, 0.2) is 9.21 Å².